The van der Waals surface area contributed by atoms with Gasteiger partial charge in [0.1, 0.15) is 17.8 Å². The van der Waals surface area contributed by atoms with Crippen LogP contribution in [-0.4, -0.2) is 12.9 Å². The van der Waals surface area contributed by atoms with Crippen LogP contribution in [0.1, 0.15) is 6.42 Å². The highest BCUT2D eigenvalue weighted by atomic mass is 31.2. The maximum Gasteiger partial charge on any atom is 0.587 e. The van der Waals surface area contributed by atoms with Gasteiger partial charge in [-0.3, -0.25) is 4.52 Å². The van der Waals surface area contributed by atoms with Gasteiger partial charge in [0.2, 0.25) is 0 Å². The van der Waals surface area contributed by atoms with Crippen LogP contribution >= 0.6 is 7.82 Å². The molecular weight excluding hydrogens is 291 g/mol. The molecular formula is C15H15O5P. The van der Waals surface area contributed by atoms with E-state index in [4.69, 9.17) is 13.6 Å². The van der Waals surface area contributed by atoms with Gasteiger partial charge in [-0.1, -0.05) is 36.4 Å². The number of para-hydroxylation sites is 2. The van der Waals surface area contributed by atoms with E-state index in [1.807, 2.05) is 12.1 Å². The van der Waals surface area contributed by atoms with Crippen molar-refractivity contribution in [3.63, 3.8) is 0 Å². The largest absolute Gasteiger partial charge is 0.587 e. The minimum absolute atomic E-state index is 0.0412. The molecule has 0 amide bonds. The van der Waals surface area contributed by atoms with Gasteiger partial charge in [-0.05, 0) is 24.3 Å². The first kappa shape index (κ1) is 15.3. The molecule has 6 heteroatoms. The second kappa shape index (κ2) is 7.62. The average molecular weight is 306 g/mol. The molecule has 0 aliphatic heterocycles. The quantitative estimate of drug-likeness (QED) is 0.421. The van der Waals surface area contributed by atoms with Crippen LogP contribution in [0, 0.1) is 0 Å². The van der Waals surface area contributed by atoms with Crippen LogP contribution in [0.25, 0.3) is 0 Å². The van der Waals surface area contributed by atoms with Gasteiger partial charge in [-0.2, -0.15) is 0 Å². The van der Waals surface area contributed by atoms with Gasteiger partial charge in [-0.15, -0.1) is 0 Å². The van der Waals surface area contributed by atoms with E-state index in [-0.39, 0.29) is 13.0 Å². The lowest BCUT2D eigenvalue weighted by Gasteiger charge is -2.18. The maximum atomic E-state index is 12.6. The number of rotatable bonds is 8. The fraction of sp³-hybridized carbons (Fsp3) is 0.133. The number of phosphoric ester groups is 1. The van der Waals surface area contributed by atoms with Crippen LogP contribution in [0.4, 0.5) is 0 Å². The molecule has 0 saturated carbocycles. The molecule has 110 valence electrons. The Balaban J connectivity index is 2.13. The number of carbonyl (C=O) groups excluding carboxylic acids is 1. The van der Waals surface area contributed by atoms with Crippen molar-refractivity contribution in [2.75, 3.05) is 6.61 Å². The van der Waals surface area contributed by atoms with Gasteiger partial charge in [0.15, 0.2) is 0 Å². The normalized spacial score (nSPS) is 10.9. The summed E-state index contributed by atoms with van der Waals surface area (Å²) < 4.78 is 28.5. The monoisotopic (exact) mass is 306 g/mol. The molecule has 0 aromatic heterocycles. The third kappa shape index (κ3) is 5.06. The molecule has 0 spiro atoms. The lowest BCUT2D eigenvalue weighted by molar-refractivity contribution is -0.108. The SMILES string of the molecule is O=CCCOP(=O)(Oc1ccccc1)Oc1ccccc1. The molecule has 0 radical (unpaired) electrons. The van der Waals surface area contributed by atoms with Crippen LogP contribution in [0.3, 0.4) is 0 Å². The van der Waals surface area contributed by atoms with Crippen molar-refractivity contribution in [1.29, 1.82) is 0 Å². The Labute approximate surface area is 123 Å². The van der Waals surface area contributed by atoms with Gasteiger partial charge in [0, 0.05) is 6.42 Å². The van der Waals surface area contributed by atoms with Crippen LogP contribution in [0.15, 0.2) is 60.7 Å². The highest BCUT2D eigenvalue weighted by molar-refractivity contribution is 7.49. The molecule has 0 N–H and O–H groups in total. The molecule has 0 aliphatic carbocycles. The molecule has 0 bridgehead atoms. The first-order chi connectivity index (χ1) is 10.2. The zero-order valence-corrected chi connectivity index (χ0v) is 12.1. The molecule has 5 nitrogen and oxygen atoms in total. The lowest BCUT2D eigenvalue weighted by atomic mass is 10.3. The predicted octanol–water partition coefficient (Wildman–Crippen LogP) is 3.86. The van der Waals surface area contributed by atoms with Gasteiger partial charge >= 0.3 is 7.82 Å². The average Bonchev–Trinajstić information content (AvgIpc) is 2.49. The molecule has 0 heterocycles. The standard InChI is InChI=1S/C15H15O5P/c16-12-7-13-18-21(17,19-14-8-3-1-4-9-14)20-15-10-5-2-6-11-15/h1-6,8-12H,7,13H2. The van der Waals surface area contributed by atoms with Crippen LogP contribution in [-0.2, 0) is 13.9 Å². The summed E-state index contributed by atoms with van der Waals surface area (Å²) in [5.41, 5.74) is 0. The first-order valence-electron chi connectivity index (χ1n) is 6.39. The molecule has 21 heavy (non-hydrogen) atoms. The van der Waals surface area contributed by atoms with Gasteiger partial charge < -0.3 is 13.8 Å². The summed E-state index contributed by atoms with van der Waals surface area (Å²) in [5.74, 6) is 0.728. The summed E-state index contributed by atoms with van der Waals surface area (Å²) in [6, 6.07) is 17.2. The molecule has 0 aliphatic rings. The van der Waals surface area contributed by atoms with Crippen LogP contribution in [0.2, 0.25) is 0 Å². The van der Waals surface area contributed by atoms with E-state index in [1.165, 1.54) is 0 Å². The molecule has 0 saturated heterocycles. The van der Waals surface area contributed by atoms with Gasteiger partial charge in [0.05, 0.1) is 6.61 Å². The highest BCUT2D eigenvalue weighted by Crippen LogP contribution is 2.49. The number of phosphoric acid groups is 1. The molecule has 2 rings (SSSR count). The van der Waals surface area contributed by atoms with E-state index in [1.54, 1.807) is 48.5 Å². The van der Waals surface area contributed by atoms with Crippen LogP contribution in [0.5, 0.6) is 11.5 Å². The van der Waals surface area contributed by atoms with Gasteiger partial charge in [-0.25, -0.2) is 4.57 Å². The summed E-state index contributed by atoms with van der Waals surface area (Å²) in [6.45, 7) is -0.0412. The van der Waals surface area contributed by atoms with E-state index in [0.29, 0.717) is 17.8 Å². The number of hydrogen-bond donors (Lipinski definition) is 0. The Morgan fingerprint density at radius 2 is 1.33 bits per heavy atom. The van der Waals surface area contributed by atoms with Crippen molar-refractivity contribution in [3.05, 3.63) is 60.7 Å². The second-order valence-electron chi connectivity index (χ2n) is 4.04. The Morgan fingerprint density at radius 3 is 1.76 bits per heavy atom. The van der Waals surface area contributed by atoms with E-state index in [2.05, 4.69) is 0 Å². The minimum Gasteiger partial charge on any atom is -0.395 e. The number of carbonyl (C=O) groups is 1. The zero-order chi connectivity index (χ0) is 15.0. The Bertz CT molecular complexity index is 554. The number of hydrogen-bond acceptors (Lipinski definition) is 5. The van der Waals surface area contributed by atoms with Crippen molar-refractivity contribution < 1.29 is 22.9 Å². The second-order valence-corrected chi connectivity index (χ2v) is 5.56. The fourth-order valence-electron chi connectivity index (χ4n) is 1.50. The number of aldehydes is 1. The topological polar surface area (TPSA) is 61.8 Å². The summed E-state index contributed by atoms with van der Waals surface area (Å²) >= 11 is 0. The van der Waals surface area contributed by atoms with E-state index in [9.17, 15) is 9.36 Å². The third-order valence-electron chi connectivity index (χ3n) is 2.41. The summed E-state index contributed by atoms with van der Waals surface area (Å²) in [6.07, 6.45) is 0.787. The molecule has 0 atom stereocenters. The lowest BCUT2D eigenvalue weighted by Crippen LogP contribution is -2.06. The summed E-state index contributed by atoms with van der Waals surface area (Å²) in [5, 5.41) is 0. The Hall–Kier alpha value is -2.10. The predicted molar refractivity (Wildman–Crippen MR) is 78.4 cm³/mol. The van der Waals surface area contributed by atoms with Crippen molar-refractivity contribution in [2.45, 2.75) is 6.42 Å². The molecule has 2 aromatic carbocycles. The minimum atomic E-state index is -3.85. The van der Waals surface area contributed by atoms with Gasteiger partial charge in [0.25, 0.3) is 0 Å². The highest BCUT2D eigenvalue weighted by Gasteiger charge is 2.30. The molecule has 0 fully saturated rings. The Kier molecular flexibility index (Phi) is 5.55. The summed E-state index contributed by atoms with van der Waals surface area (Å²) in [4.78, 5) is 10.4. The van der Waals surface area contributed by atoms with E-state index >= 15 is 0 Å². The Morgan fingerprint density at radius 1 is 0.857 bits per heavy atom. The van der Waals surface area contributed by atoms with Crippen molar-refractivity contribution in [2.24, 2.45) is 0 Å². The van der Waals surface area contributed by atoms with Crippen LogP contribution < -0.4 is 9.05 Å². The zero-order valence-electron chi connectivity index (χ0n) is 11.3. The molecule has 2 aromatic rings. The first-order valence-corrected chi connectivity index (χ1v) is 7.85. The smallest absolute Gasteiger partial charge is 0.395 e. The number of benzene rings is 2. The van der Waals surface area contributed by atoms with Crippen molar-refractivity contribution in [1.82, 2.24) is 0 Å². The maximum absolute atomic E-state index is 12.6. The van der Waals surface area contributed by atoms with Crippen molar-refractivity contribution in [3.8, 4) is 11.5 Å². The fourth-order valence-corrected chi connectivity index (χ4v) is 2.74. The third-order valence-corrected chi connectivity index (χ3v) is 3.77. The van der Waals surface area contributed by atoms with E-state index in [0.717, 1.165) is 0 Å². The molecule has 0 unspecified atom stereocenters. The summed E-state index contributed by atoms with van der Waals surface area (Å²) in [7, 11) is -3.85. The van der Waals surface area contributed by atoms with E-state index < -0.39 is 7.82 Å². The van der Waals surface area contributed by atoms with Crippen molar-refractivity contribution >= 4 is 14.1 Å².